The Morgan fingerprint density at radius 3 is 2.25 bits per heavy atom. The van der Waals surface area contributed by atoms with Gasteiger partial charge in [0.25, 0.3) is 0 Å². The molecule has 6 heteroatoms. The molecule has 0 bridgehead atoms. The highest BCUT2D eigenvalue weighted by molar-refractivity contribution is 14.1. The van der Waals surface area contributed by atoms with Gasteiger partial charge in [0, 0.05) is 15.7 Å². The maximum absolute atomic E-state index is 11.8. The van der Waals surface area contributed by atoms with Crippen LogP contribution >= 0.6 is 22.6 Å². The Bertz CT molecular complexity index is 449. The third-order valence-electron chi connectivity index (χ3n) is 1.84. The molecule has 0 fully saturated rings. The third kappa shape index (κ3) is 4.36. The van der Waals surface area contributed by atoms with Gasteiger partial charge in [0.1, 0.15) is 0 Å². The van der Waals surface area contributed by atoms with Crippen LogP contribution in [-0.2, 0) is 10.0 Å². The zero-order valence-corrected chi connectivity index (χ0v) is 12.2. The van der Waals surface area contributed by atoms with Gasteiger partial charge in [-0.25, -0.2) is 13.1 Å². The second-order valence-corrected chi connectivity index (χ2v) is 7.28. The Morgan fingerprint density at radius 2 is 1.81 bits per heavy atom. The lowest BCUT2D eigenvalue weighted by Gasteiger charge is -2.18. The van der Waals surface area contributed by atoms with Crippen molar-refractivity contribution in [2.75, 3.05) is 6.54 Å². The first-order valence-corrected chi connectivity index (χ1v) is 7.31. The van der Waals surface area contributed by atoms with E-state index in [1.54, 1.807) is 38.1 Å². The van der Waals surface area contributed by atoms with E-state index in [2.05, 4.69) is 27.3 Å². The van der Waals surface area contributed by atoms with Crippen molar-refractivity contribution in [1.29, 1.82) is 0 Å². The van der Waals surface area contributed by atoms with Crippen molar-refractivity contribution in [2.45, 2.75) is 24.3 Å². The Balaban J connectivity index is 2.83. The molecule has 0 aliphatic carbocycles. The fraction of sp³-hybridized carbons (Fsp3) is 0.400. The Labute approximate surface area is 110 Å². The standard InChI is InChI=1S/C10H15IN2O2S/c1-10(2,12)7-13-16(14,15)9-5-3-8(11)4-6-9/h3-6,13H,7,12H2,1-2H3. The SMILES string of the molecule is CC(C)(N)CNS(=O)(=O)c1ccc(I)cc1. The summed E-state index contributed by atoms with van der Waals surface area (Å²) in [6.07, 6.45) is 0. The van der Waals surface area contributed by atoms with Crippen molar-refractivity contribution in [3.05, 3.63) is 27.8 Å². The molecule has 0 radical (unpaired) electrons. The van der Waals surface area contributed by atoms with Gasteiger partial charge in [-0.1, -0.05) is 0 Å². The molecule has 0 aliphatic heterocycles. The van der Waals surface area contributed by atoms with Crippen molar-refractivity contribution in [3.63, 3.8) is 0 Å². The van der Waals surface area contributed by atoms with Crippen LogP contribution in [0.3, 0.4) is 0 Å². The van der Waals surface area contributed by atoms with Gasteiger partial charge in [-0.05, 0) is 60.7 Å². The van der Waals surface area contributed by atoms with Crippen LogP contribution in [0, 0.1) is 3.57 Å². The molecule has 16 heavy (non-hydrogen) atoms. The largest absolute Gasteiger partial charge is 0.324 e. The number of nitrogens with two attached hydrogens (primary N) is 1. The number of hydrogen-bond donors (Lipinski definition) is 2. The zero-order chi connectivity index (χ0) is 12.4. The molecule has 0 saturated heterocycles. The van der Waals surface area contributed by atoms with Crippen LogP contribution in [0.5, 0.6) is 0 Å². The van der Waals surface area contributed by atoms with E-state index >= 15 is 0 Å². The van der Waals surface area contributed by atoms with Crippen LogP contribution < -0.4 is 10.5 Å². The van der Waals surface area contributed by atoms with Crippen molar-refractivity contribution in [3.8, 4) is 0 Å². The topological polar surface area (TPSA) is 72.2 Å². The maximum Gasteiger partial charge on any atom is 0.240 e. The van der Waals surface area contributed by atoms with Crippen LogP contribution in [0.25, 0.3) is 0 Å². The number of benzene rings is 1. The highest BCUT2D eigenvalue weighted by Crippen LogP contribution is 2.12. The van der Waals surface area contributed by atoms with Gasteiger partial charge in [0.15, 0.2) is 0 Å². The molecule has 0 atom stereocenters. The Morgan fingerprint density at radius 1 is 1.31 bits per heavy atom. The lowest BCUT2D eigenvalue weighted by molar-refractivity contribution is 0.498. The average Bonchev–Trinajstić information content (AvgIpc) is 2.15. The summed E-state index contributed by atoms with van der Waals surface area (Å²) < 4.78 is 27.1. The number of sulfonamides is 1. The summed E-state index contributed by atoms with van der Waals surface area (Å²) in [5, 5.41) is 0. The second kappa shape index (κ2) is 4.99. The highest BCUT2D eigenvalue weighted by Gasteiger charge is 2.18. The predicted octanol–water partition coefficient (Wildman–Crippen LogP) is 1.31. The van der Waals surface area contributed by atoms with E-state index in [0.29, 0.717) is 0 Å². The van der Waals surface area contributed by atoms with Gasteiger partial charge in [-0.3, -0.25) is 0 Å². The fourth-order valence-electron chi connectivity index (χ4n) is 0.978. The van der Waals surface area contributed by atoms with Crippen LogP contribution in [0.1, 0.15) is 13.8 Å². The average molecular weight is 354 g/mol. The van der Waals surface area contributed by atoms with Gasteiger partial charge in [0.05, 0.1) is 4.90 Å². The molecule has 1 aromatic rings. The molecule has 0 aromatic heterocycles. The van der Waals surface area contributed by atoms with Gasteiger partial charge in [-0.2, -0.15) is 0 Å². The Hall–Kier alpha value is -0.180. The van der Waals surface area contributed by atoms with Gasteiger partial charge >= 0.3 is 0 Å². The van der Waals surface area contributed by atoms with Crippen molar-refractivity contribution < 1.29 is 8.42 Å². The molecule has 0 amide bonds. The van der Waals surface area contributed by atoms with Crippen LogP contribution in [0.2, 0.25) is 0 Å². The molecule has 0 heterocycles. The number of halogens is 1. The summed E-state index contributed by atoms with van der Waals surface area (Å²) in [6, 6.07) is 6.66. The van der Waals surface area contributed by atoms with Crippen molar-refractivity contribution >= 4 is 32.6 Å². The fourth-order valence-corrected chi connectivity index (χ4v) is 2.56. The van der Waals surface area contributed by atoms with E-state index in [-0.39, 0.29) is 11.4 Å². The van der Waals surface area contributed by atoms with E-state index in [4.69, 9.17) is 5.73 Å². The molecule has 90 valence electrons. The number of nitrogens with one attached hydrogen (secondary N) is 1. The molecule has 4 nitrogen and oxygen atoms in total. The van der Waals surface area contributed by atoms with E-state index in [1.807, 2.05) is 0 Å². The molecule has 0 saturated carbocycles. The summed E-state index contributed by atoms with van der Waals surface area (Å²) in [4.78, 5) is 0.261. The van der Waals surface area contributed by atoms with Gasteiger partial charge in [-0.15, -0.1) is 0 Å². The summed E-state index contributed by atoms with van der Waals surface area (Å²) in [6.45, 7) is 3.74. The molecule has 0 unspecified atom stereocenters. The minimum atomic E-state index is -3.44. The minimum Gasteiger partial charge on any atom is -0.324 e. The second-order valence-electron chi connectivity index (χ2n) is 4.27. The molecule has 0 spiro atoms. The summed E-state index contributed by atoms with van der Waals surface area (Å²) >= 11 is 2.12. The van der Waals surface area contributed by atoms with E-state index in [9.17, 15) is 8.42 Å². The van der Waals surface area contributed by atoms with Crippen molar-refractivity contribution in [1.82, 2.24) is 4.72 Å². The lowest BCUT2D eigenvalue weighted by atomic mass is 10.1. The summed E-state index contributed by atoms with van der Waals surface area (Å²) in [5.74, 6) is 0. The predicted molar refractivity (Wildman–Crippen MR) is 72.6 cm³/mol. The van der Waals surface area contributed by atoms with Crippen LogP contribution in [0.4, 0.5) is 0 Å². The van der Waals surface area contributed by atoms with Crippen molar-refractivity contribution in [2.24, 2.45) is 5.73 Å². The first-order valence-electron chi connectivity index (χ1n) is 4.75. The molecular formula is C10H15IN2O2S. The van der Waals surface area contributed by atoms with Crippen LogP contribution in [-0.4, -0.2) is 20.5 Å². The van der Waals surface area contributed by atoms with Gasteiger partial charge < -0.3 is 5.73 Å². The molecule has 3 N–H and O–H groups in total. The molecule has 1 rings (SSSR count). The summed E-state index contributed by atoms with van der Waals surface area (Å²) in [5.41, 5.74) is 5.16. The number of rotatable bonds is 4. The summed E-state index contributed by atoms with van der Waals surface area (Å²) in [7, 11) is -3.44. The molecular weight excluding hydrogens is 339 g/mol. The normalized spacial score (nSPS) is 12.8. The molecule has 1 aromatic carbocycles. The monoisotopic (exact) mass is 354 g/mol. The highest BCUT2D eigenvalue weighted by atomic mass is 127. The smallest absolute Gasteiger partial charge is 0.240 e. The quantitative estimate of drug-likeness (QED) is 0.801. The van der Waals surface area contributed by atoms with Gasteiger partial charge in [0.2, 0.25) is 10.0 Å². The Kier molecular flexibility index (Phi) is 4.33. The third-order valence-corrected chi connectivity index (χ3v) is 3.98. The number of hydrogen-bond acceptors (Lipinski definition) is 3. The van der Waals surface area contributed by atoms with Crippen LogP contribution in [0.15, 0.2) is 29.2 Å². The zero-order valence-electron chi connectivity index (χ0n) is 9.20. The lowest BCUT2D eigenvalue weighted by Crippen LogP contribution is -2.45. The van der Waals surface area contributed by atoms with E-state index in [0.717, 1.165) is 3.57 Å². The van der Waals surface area contributed by atoms with E-state index in [1.165, 1.54) is 0 Å². The first-order chi connectivity index (χ1) is 7.21. The minimum absolute atomic E-state index is 0.210. The maximum atomic E-state index is 11.8. The first kappa shape index (κ1) is 13.9. The molecule has 0 aliphatic rings. The van der Waals surface area contributed by atoms with E-state index < -0.39 is 15.6 Å².